The molecule has 1 aromatic heterocycles. The minimum absolute atomic E-state index is 0.0265. The van der Waals surface area contributed by atoms with Gasteiger partial charge in [-0.3, -0.25) is 9.80 Å². The molecule has 0 aromatic carbocycles. The number of anilines is 1. The van der Waals surface area contributed by atoms with Gasteiger partial charge in [-0.25, -0.2) is 0 Å². The van der Waals surface area contributed by atoms with Gasteiger partial charge < -0.3 is 10.2 Å². The van der Waals surface area contributed by atoms with E-state index in [-0.39, 0.29) is 24.1 Å². The fourth-order valence-electron chi connectivity index (χ4n) is 2.59. The molecule has 1 aliphatic heterocycles. The van der Waals surface area contributed by atoms with E-state index >= 15 is 0 Å². The number of rotatable bonds is 6. The minimum Gasteiger partial charge on any atom is -0.381 e. The van der Waals surface area contributed by atoms with Crippen molar-refractivity contribution in [2.45, 2.75) is 0 Å². The van der Waals surface area contributed by atoms with E-state index in [0.717, 1.165) is 6.07 Å². The minimum atomic E-state index is -0.960. The summed E-state index contributed by atoms with van der Waals surface area (Å²) < 4.78 is 27.1. The van der Waals surface area contributed by atoms with Crippen LogP contribution < -0.4 is 5.32 Å². The van der Waals surface area contributed by atoms with Gasteiger partial charge in [0.15, 0.2) is 0 Å². The Morgan fingerprint density at radius 3 is 2.88 bits per heavy atom. The fraction of sp³-hybridized carbons (Fsp3) is 0.400. The second-order valence-electron chi connectivity index (χ2n) is 5.59. The Hall–Kier alpha value is -1.74. The molecule has 1 fully saturated rings. The number of carbonyl (C=O) groups is 1. The second kappa shape index (κ2) is 8.09. The summed E-state index contributed by atoms with van der Waals surface area (Å²) in [5, 5.41) is 8.21. The number of pyridine rings is 1. The lowest BCUT2D eigenvalue weighted by atomic mass is 9.95. The van der Waals surface area contributed by atoms with Gasteiger partial charge in [-0.05, 0) is 12.1 Å². The van der Waals surface area contributed by atoms with Gasteiger partial charge in [0.05, 0.1) is 11.6 Å². The molecule has 2 heterocycles. The highest BCUT2D eigenvalue weighted by atomic mass is 79.9. The van der Waals surface area contributed by atoms with E-state index in [0.29, 0.717) is 16.2 Å². The van der Waals surface area contributed by atoms with Crippen molar-refractivity contribution in [1.82, 2.24) is 14.9 Å². The lowest BCUT2D eigenvalue weighted by molar-refractivity contribution is -0.129. The van der Waals surface area contributed by atoms with Crippen LogP contribution in [0.5, 0.6) is 0 Å². The zero-order valence-electron chi connectivity index (χ0n) is 13.6. The Morgan fingerprint density at radius 1 is 1.60 bits per heavy atom. The van der Waals surface area contributed by atoms with Crippen molar-refractivity contribution in [1.29, 1.82) is 0 Å². The topological polar surface area (TPSA) is 60.8 Å². The van der Waals surface area contributed by atoms with Crippen molar-refractivity contribution in [2.75, 3.05) is 32.5 Å². The highest BCUT2D eigenvalue weighted by Crippen LogP contribution is 2.37. The molecular formula is C15H17BrClF2N5O. The van der Waals surface area contributed by atoms with Crippen LogP contribution in [0.25, 0.3) is 0 Å². The standard InChI is InChI=1S/C15H17BrClF2N5O/c1-20-24(3)13(17)12(16)9-7-23(2)15(25)8(9)6-21-10-4-5-11(18)22-14(10)19/h4-5,8-9,21H,1,6-7H2,2-3H3/b13-12-/t8-,9+/m1/s1. The van der Waals surface area contributed by atoms with Crippen LogP contribution in [-0.2, 0) is 4.79 Å². The van der Waals surface area contributed by atoms with Gasteiger partial charge in [-0.2, -0.15) is 18.9 Å². The summed E-state index contributed by atoms with van der Waals surface area (Å²) in [6, 6.07) is 2.28. The Balaban J connectivity index is 2.21. The van der Waals surface area contributed by atoms with Crippen molar-refractivity contribution < 1.29 is 13.6 Å². The summed E-state index contributed by atoms with van der Waals surface area (Å²) in [4.78, 5) is 17.1. The molecule has 2 rings (SSSR count). The number of amides is 1. The molecule has 1 amide bonds. The number of likely N-dealkylation sites (tertiary alicyclic amines) is 1. The van der Waals surface area contributed by atoms with E-state index in [9.17, 15) is 13.6 Å². The number of nitrogens with zero attached hydrogens (tertiary/aromatic N) is 4. The van der Waals surface area contributed by atoms with Gasteiger partial charge in [0.1, 0.15) is 5.16 Å². The first-order valence-corrected chi connectivity index (χ1v) is 8.49. The molecule has 1 saturated heterocycles. The third-order valence-electron chi connectivity index (χ3n) is 4.00. The number of halogens is 4. The number of nitrogens with one attached hydrogen (secondary N) is 1. The summed E-state index contributed by atoms with van der Waals surface area (Å²) in [7, 11) is 3.31. The quantitative estimate of drug-likeness (QED) is 0.322. The van der Waals surface area contributed by atoms with Gasteiger partial charge in [0.2, 0.25) is 17.8 Å². The van der Waals surface area contributed by atoms with Crippen LogP contribution in [0.1, 0.15) is 0 Å². The molecule has 1 aromatic rings. The van der Waals surface area contributed by atoms with Gasteiger partial charge in [-0.1, -0.05) is 27.5 Å². The largest absolute Gasteiger partial charge is 0.381 e. The molecule has 1 aliphatic rings. The van der Waals surface area contributed by atoms with E-state index < -0.39 is 17.8 Å². The zero-order valence-corrected chi connectivity index (χ0v) is 16.0. The Morgan fingerprint density at radius 2 is 2.28 bits per heavy atom. The van der Waals surface area contributed by atoms with Crippen LogP contribution in [-0.4, -0.2) is 54.7 Å². The Bertz CT molecular complexity index is 717. The van der Waals surface area contributed by atoms with Crippen LogP contribution in [0.3, 0.4) is 0 Å². The van der Waals surface area contributed by atoms with Crippen LogP contribution in [0.2, 0.25) is 0 Å². The van der Waals surface area contributed by atoms with Gasteiger partial charge in [0.25, 0.3) is 0 Å². The van der Waals surface area contributed by atoms with Crippen LogP contribution >= 0.6 is 27.5 Å². The van der Waals surface area contributed by atoms with Crippen molar-refractivity contribution in [3.63, 3.8) is 0 Å². The number of carbonyl (C=O) groups excluding carboxylic acids is 1. The molecule has 2 atom stereocenters. The Kier molecular flexibility index (Phi) is 6.34. The molecule has 1 N–H and O–H groups in total. The van der Waals surface area contributed by atoms with Crippen LogP contribution in [0.4, 0.5) is 14.5 Å². The first-order chi connectivity index (χ1) is 11.8. The Labute approximate surface area is 157 Å². The number of hydrazone groups is 1. The molecule has 0 unspecified atom stereocenters. The molecule has 6 nitrogen and oxygen atoms in total. The zero-order chi connectivity index (χ0) is 18.7. The molecule has 0 aliphatic carbocycles. The van der Waals surface area contributed by atoms with Gasteiger partial charge >= 0.3 is 0 Å². The average molecular weight is 437 g/mol. The van der Waals surface area contributed by atoms with Gasteiger partial charge in [0, 0.05) is 44.3 Å². The smallest absolute Gasteiger partial charge is 0.238 e. The lowest BCUT2D eigenvalue weighted by Gasteiger charge is -2.21. The summed E-state index contributed by atoms with van der Waals surface area (Å²) >= 11 is 9.68. The number of aromatic nitrogens is 1. The third-order valence-corrected chi connectivity index (χ3v) is 5.64. The summed E-state index contributed by atoms with van der Waals surface area (Å²) in [5.74, 6) is -2.72. The molecule has 25 heavy (non-hydrogen) atoms. The second-order valence-corrected chi connectivity index (χ2v) is 6.80. The van der Waals surface area contributed by atoms with Crippen molar-refractivity contribution in [3.05, 3.63) is 33.7 Å². The first kappa shape index (κ1) is 19.6. The maximum absolute atomic E-state index is 13.7. The van der Waals surface area contributed by atoms with Crippen molar-refractivity contribution in [3.8, 4) is 0 Å². The SMILES string of the molecule is C=NN(C)/C(Cl)=C(\Br)[C@H]1CN(C)C(=O)[C@@H]1CNc1ccc(F)nc1F. The number of hydrogen-bond donors (Lipinski definition) is 1. The normalized spacial score (nSPS) is 21.2. The van der Waals surface area contributed by atoms with Crippen molar-refractivity contribution >= 4 is 45.8 Å². The predicted molar refractivity (Wildman–Crippen MR) is 96.4 cm³/mol. The molecule has 10 heteroatoms. The summed E-state index contributed by atoms with van der Waals surface area (Å²) in [6.45, 7) is 3.98. The highest BCUT2D eigenvalue weighted by Gasteiger charge is 2.41. The van der Waals surface area contributed by atoms with Crippen LogP contribution in [0, 0.1) is 23.7 Å². The van der Waals surface area contributed by atoms with E-state index in [1.54, 1.807) is 19.0 Å². The van der Waals surface area contributed by atoms with E-state index in [2.05, 4.69) is 38.0 Å². The molecule has 0 bridgehead atoms. The predicted octanol–water partition coefficient (Wildman–Crippen LogP) is 2.83. The fourth-order valence-corrected chi connectivity index (χ4v) is 3.50. The summed E-state index contributed by atoms with van der Waals surface area (Å²) in [5.41, 5.74) is 0.0265. The monoisotopic (exact) mass is 435 g/mol. The molecule has 0 spiro atoms. The van der Waals surface area contributed by atoms with Gasteiger partial charge in [-0.15, -0.1) is 0 Å². The van der Waals surface area contributed by atoms with Crippen LogP contribution in [0.15, 0.2) is 26.9 Å². The molecule has 0 radical (unpaired) electrons. The van der Waals surface area contributed by atoms with E-state index in [1.165, 1.54) is 11.1 Å². The average Bonchev–Trinajstić information content (AvgIpc) is 2.87. The first-order valence-electron chi connectivity index (χ1n) is 7.32. The van der Waals surface area contributed by atoms with E-state index in [1.807, 2.05) is 0 Å². The molecule has 0 saturated carbocycles. The summed E-state index contributed by atoms with van der Waals surface area (Å²) in [6.07, 6.45) is 0. The van der Waals surface area contributed by atoms with E-state index in [4.69, 9.17) is 11.6 Å². The molecule has 136 valence electrons. The highest BCUT2D eigenvalue weighted by molar-refractivity contribution is 9.11. The maximum Gasteiger partial charge on any atom is 0.238 e. The van der Waals surface area contributed by atoms with Crippen molar-refractivity contribution in [2.24, 2.45) is 16.9 Å². The lowest BCUT2D eigenvalue weighted by Crippen LogP contribution is -2.28. The third kappa shape index (κ3) is 4.27. The molecular weight excluding hydrogens is 420 g/mol. The maximum atomic E-state index is 13.7. The number of hydrogen-bond acceptors (Lipinski definition) is 5.